The van der Waals surface area contributed by atoms with Gasteiger partial charge in [-0.05, 0) is 37.0 Å². The summed E-state index contributed by atoms with van der Waals surface area (Å²) in [4.78, 5) is 50.9. The second-order valence-corrected chi connectivity index (χ2v) is 8.22. The Kier molecular flexibility index (Phi) is 5.47. The third-order valence-corrected chi connectivity index (χ3v) is 5.92. The van der Waals surface area contributed by atoms with E-state index in [1.54, 1.807) is 25.1 Å². The minimum Gasteiger partial charge on any atom is -0.493 e. The van der Waals surface area contributed by atoms with Crippen LogP contribution in [-0.2, 0) is 9.59 Å². The molecule has 0 radical (unpaired) electrons. The van der Waals surface area contributed by atoms with Gasteiger partial charge < -0.3 is 9.47 Å². The molecule has 1 aromatic heterocycles. The number of methoxy groups -OCH3 is 2. The Bertz CT molecular complexity index is 1130. The number of benzene rings is 1. The molecule has 0 N–H and O–H groups in total. The van der Waals surface area contributed by atoms with Gasteiger partial charge in [0.2, 0.25) is 0 Å². The average Bonchev–Trinajstić information content (AvgIpc) is 3.58. The molecule has 0 saturated heterocycles. The van der Waals surface area contributed by atoms with Crippen molar-refractivity contribution in [2.24, 2.45) is 11.8 Å². The molecule has 2 unspecified atom stereocenters. The molecule has 162 valence electrons. The molecule has 0 aliphatic heterocycles. The highest BCUT2D eigenvalue weighted by atomic mass is 16.5. The van der Waals surface area contributed by atoms with Crippen LogP contribution in [0.3, 0.4) is 0 Å². The lowest BCUT2D eigenvalue weighted by Crippen LogP contribution is -2.40. The Hall–Kier alpha value is -3.29. The maximum absolute atomic E-state index is 13.3. The summed E-state index contributed by atoms with van der Waals surface area (Å²) in [6, 6.07) is 6.46. The molecule has 8 heteroatoms. The summed E-state index contributed by atoms with van der Waals surface area (Å²) in [7, 11) is 3.00. The van der Waals surface area contributed by atoms with Crippen molar-refractivity contribution in [1.29, 1.82) is 0 Å². The molecule has 2 atom stereocenters. The lowest BCUT2D eigenvalue weighted by Gasteiger charge is -2.25. The number of hydrogen-bond acceptors (Lipinski definition) is 7. The summed E-state index contributed by atoms with van der Waals surface area (Å²) in [6.07, 6.45) is 1.76. The summed E-state index contributed by atoms with van der Waals surface area (Å²) in [5.74, 6) is -1.44. The molecule has 2 aliphatic carbocycles. The van der Waals surface area contributed by atoms with E-state index in [-0.39, 0.29) is 30.1 Å². The van der Waals surface area contributed by atoms with Gasteiger partial charge >= 0.3 is 0 Å². The second kappa shape index (κ2) is 8.09. The number of ether oxygens (including phenoxy) is 2. The monoisotopic (exact) mass is 424 g/mol. The smallest absolute Gasteiger partial charge is 0.282 e. The molecule has 0 bridgehead atoms. The van der Waals surface area contributed by atoms with E-state index in [9.17, 15) is 19.2 Å². The Balaban J connectivity index is 1.82. The third kappa shape index (κ3) is 3.89. The van der Waals surface area contributed by atoms with Gasteiger partial charge in [0, 0.05) is 18.4 Å². The Morgan fingerprint density at radius 1 is 1.06 bits per heavy atom. The second-order valence-electron chi connectivity index (χ2n) is 8.22. The van der Waals surface area contributed by atoms with E-state index in [1.165, 1.54) is 25.0 Å². The van der Waals surface area contributed by atoms with Gasteiger partial charge in [0.15, 0.2) is 23.1 Å². The fourth-order valence-corrected chi connectivity index (χ4v) is 4.14. The molecular weight excluding hydrogens is 400 g/mol. The van der Waals surface area contributed by atoms with Gasteiger partial charge in [0.1, 0.15) is 5.78 Å². The molecule has 1 heterocycles. The van der Waals surface area contributed by atoms with Gasteiger partial charge in [-0.15, -0.1) is 0 Å². The van der Waals surface area contributed by atoms with Crippen LogP contribution in [0.25, 0.3) is 5.69 Å². The zero-order valence-electron chi connectivity index (χ0n) is 17.7. The van der Waals surface area contributed by atoms with Crippen LogP contribution < -0.4 is 15.0 Å². The Morgan fingerprint density at radius 3 is 2.39 bits per heavy atom. The van der Waals surface area contributed by atoms with Gasteiger partial charge in [-0.2, -0.15) is 9.78 Å². The number of nitrogens with zero attached hydrogens (tertiary/aromatic N) is 2. The van der Waals surface area contributed by atoms with Crippen molar-refractivity contribution in [3.8, 4) is 17.2 Å². The lowest BCUT2D eigenvalue weighted by molar-refractivity contribution is -0.133. The highest BCUT2D eigenvalue weighted by Crippen LogP contribution is 2.39. The van der Waals surface area contributed by atoms with Crippen molar-refractivity contribution >= 4 is 17.3 Å². The number of carbonyl (C=O) groups excluding carboxylic acids is 3. The van der Waals surface area contributed by atoms with E-state index in [0.29, 0.717) is 22.9 Å². The topological polar surface area (TPSA) is 105 Å². The van der Waals surface area contributed by atoms with E-state index in [0.717, 1.165) is 12.8 Å². The number of aromatic nitrogens is 2. The summed E-state index contributed by atoms with van der Waals surface area (Å²) in [6.45, 7) is 1.70. The Labute approximate surface area is 179 Å². The molecule has 0 spiro atoms. The van der Waals surface area contributed by atoms with Gasteiger partial charge in [0.25, 0.3) is 5.56 Å². The predicted octanol–water partition coefficient (Wildman–Crippen LogP) is 2.49. The molecule has 31 heavy (non-hydrogen) atoms. The largest absolute Gasteiger partial charge is 0.493 e. The van der Waals surface area contributed by atoms with Crippen LogP contribution in [0.2, 0.25) is 0 Å². The van der Waals surface area contributed by atoms with E-state index >= 15 is 0 Å². The summed E-state index contributed by atoms with van der Waals surface area (Å²) in [5, 5.41) is 4.49. The molecule has 0 amide bonds. The Morgan fingerprint density at radius 2 is 1.77 bits per heavy atom. The van der Waals surface area contributed by atoms with Crippen LogP contribution in [-0.4, -0.2) is 41.3 Å². The maximum atomic E-state index is 13.3. The molecule has 2 fully saturated rings. The van der Waals surface area contributed by atoms with Gasteiger partial charge in [-0.25, -0.2) is 0 Å². The van der Waals surface area contributed by atoms with Crippen molar-refractivity contribution in [2.45, 2.75) is 38.5 Å². The number of hydrogen-bond donors (Lipinski definition) is 0. The minimum absolute atomic E-state index is 0.0637. The van der Waals surface area contributed by atoms with E-state index in [4.69, 9.17) is 9.47 Å². The first-order chi connectivity index (χ1) is 14.8. The number of carbonyl (C=O) groups is 3. The number of Topliss-reactive ketones (excluding diaryl/α,β-unsaturated/α-hetero) is 3. The van der Waals surface area contributed by atoms with Crippen LogP contribution in [0, 0.1) is 11.8 Å². The first-order valence-corrected chi connectivity index (χ1v) is 10.3. The van der Waals surface area contributed by atoms with Crippen molar-refractivity contribution in [2.75, 3.05) is 14.2 Å². The standard InChI is InChI=1S/C23H24N2O6/c1-12-8-15(26)10-18(27)21(12)22(28)16-11-17(13-4-5-13)24-25(23(16)29)14-6-7-19(30-2)20(9-14)31-3/h6-7,9,11-13,21H,4-5,8,10H2,1-3H3. The first-order valence-electron chi connectivity index (χ1n) is 10.3. The predicted molar refractivity (Wildman–Crippen MR) is 111 cm³/mol. The molecule has 2 saturated carbocycles. The average molecular weight is 424 g/mol. The van der Waals surface area contributed by atoms with Crippen molar-refractivity contribution in [3.63, 3.8) is 0 Å². The van der Waals surface area contributed by atoms with E-state index in [2.05, 4.69) is 5.10 Å². The lowest BCUT2D eigenvalue weighted by atomic mass is 9.75. The highest BCUT2D eigenvalue weighted by molar-refractivity contribution is 6.16. The van der Waals surface area contributed by atoms with Crippen molar-refractivity contribution in [1.82, 2.24) is 9.78 Å². The first kappa shape index (κ1) is 21.0. The summed E-state index contributed by atoms with van der Waals surface area (Å²) >= 11 is 0. The zero-order chi connectivity index (χ0) is 22.3. The quantitative estimate of drug-likeness (QED) is 0.518. The molecule has 4 rings (SSSR count). The van der Waals surface area contributed by atoms with E-state index in [1.807, 2.05) is 0 Å². The molecule has 2 aliphatic rings. The molecule has 1 aromatic carbocycles. The summed E-state index contributed by atoms with van der Waals surface area (Å²) in [5.41, 5.74) is 0.409. The normalized spacial score (nSPS) is 21.1. The van der Waals surface area contributed by atoms with Crippen molar-refractivity contribution in [3.05, 3.63) is 45.9 Å². The highest BCUT2D eigenvalue weighted by Gasteiger charge is 2.40. The number of rotatable bonds is 6. The molecule has 2 aromatic rings. The van der Waals surface area contributed by atoms with Crippen LogP contribution in [0.15, 0.2) is 29.1 Å². The van der Waals surface area contributed by atoms with Crippen molar-refractivity contribution < 1.29 is 23.9 Å². The van der Waals surface area contributed by atoms with Crippen LogP contribution in [0.5, 0.6) is 11.5 Å². The van der Waals surface area contributed by atoms with Gasteiger partial charge in [-0.1, -0.05) is 6.92 Å². The third-order valence-electron chi connectivity index (χ3n) is 5.92. The zero-order valence-corrected chi connectivity index (χ0v) is 17.7. The fraction of sp³-hybridized carbons (Fsp3) is 0.435. The maximum Gasteiger partial charge on any atom is 0.282 e. The SMILES string of the molecule is COc1ccc(-n2nc(C3CC3)cc(C(=O)C3C(=O)CC(=O)CC3C)c2=O)cc1OC. The van der Waals surface area contributed by atoms with E-state index < -0.39 is 29.0 Å². The fourth-order valence-electron chi connectivity index (χ4n) is 4.14. The molecule has 8 nitrogen and oxygen atoms in total. The van der Waals surface area contributed by atoms with Crippen LogP contribution in [0.4, 0.5) is 0 Å². The van der Waals surface area contributed by atoms with Gasteiger partial charge in [0.05, 0.1) is 43.5 Å². The number of ketones is 3. The van der Waals surface area contributed by atoms with Gasteiger partial charge in [-0.3, -0.25) is 19.2 Å². The summed E-state index contributed by atoms with van der Waals surface area (Å²) < 4.78 is 11.8. The minimum atomic E-state index is -0.987. The molecular formula is C23H24N2O6. The van der Waals surface area contributed by atoms with Crippen LogP contribution >= 0.6 is 0 Å². The van der Waals surface area contributed by atoms with Crippen LogP contribution in [0.1, 0.15) is 54.6 Å².